The molecule has 2 aromatic carbocycles. The van der Waals surface area contributed by atoms with E-state index in [9.17, 15) is 9.59 Å². The van der Waals surface area contributed by atoms with Crippen molar-refractivity contribution in [3.05, 3.63) is 64.6 Å². The second-order valence-corrected chi connectivity index (χ2v) is 5.71. The highest BCUT2D eigenvalue weighted by Crippen LogP contribution is 2.20. The summed E-state index contributed by atoms with van der Waals surface area (Å²) in [5.74, 6) is -0.113. The fourth-order valence-electron chi connectivity index (χ4n) is 2.03. The van der Waals surface area contributed by atoms with E-state index in [1.807, 2.05) is 30.3 Å². The quantitative estimate of drug-likeness (QED) is 0.653. The number of benzene rings is 2. The van der Waals surface area contributed by atoms with E-state index < -0.39 is 12.0 Å². The van der Waals surface area contributed by atoms with Crippen molar-refractivity contribution in [2.75, 3.05) is 0 Å². The molecule has 0 bridgehead atoms. The van der Waals surface area contributed by atoms with Crippen LogP contribution < -0.4 is 10.1 Å². The van der Waals surface area contributed by atoms with Gasteiger partial charge in [-0.3, -0.25) is 9.59 Å². The number of hydrogen-bond acceptors (Lipinski definition) is 3. The standard InChI is InChI=1S/C17H16BrNO3/c1-12(20)19-16(13-5-3-2-4-6-13)11-17(21)22-15-9-7-14(18)8-10-15/h2-10,16H,11H2,1H3,(H,19,20)/t16-/m1/s1. The first kappa shape index (κ1) is 16.2. The molecule has 114 valence electrons. The summed E-state index contributed by atoms with van der Waals surface area (Å²) in [6.07, 6.45) is 0.0691. The molecule has 0 aromatic heterocycles. The average Bonchev–Trinajstić information content (AvgIpc) is 2.49. The van der Waals surface area contributed by atoms with Gasteiger partial charge in [0.05, 0.1) is 12.5 Å². The van der Waals surface area contributed by atoms with Gasteiger partial charge in [0.1, 0.15) is 5.75 Å². The summed E-state index contributed by atoms with van der Waals surface area (Å²) in [6, 6.07) is 16.0. The van der Waals surface area contributed by atoms with Crippen LogP contribution in [0.25, 0.3) is 0 Å². The van der Waals surface area contributed by atoms with Crippen LogP contribution in [0, 0.1) is 0 Å². The van der Waals surface area contributed by atoms with Gasteiger partial charge in [-0.25, -0.2) is 0 Å². The molecule has 0 aliphatic heterocycles. The molecule has 0 aliphatic carbocycles. The van der Waals surface area contributed by atoms with Crippen molar-refractivity contribution >= 4 is 27.8 Å². The van der Waals surface area contributed by atoms with Crippen LogP contribution in [0.1, 0.15) is 24.9 Å². The van der Waals surface area contributed by atoms with E-state index in [2.05, 4.69) is 21.2 Å². The lowest BCUT2D eigenvalue weighted by Crippen LogP contribution is -2.29. The number of carbonyl (C=O) groups excluding carboxylic acids is 2. The number of ether oxygens (including phenoxy) is 1. The molecule has 0 unspecified atom stereocenters. The van der Waals surface area contributed by atoms with Gasteiger partial charge in [0, 0.05) is 11.4 Å². The third kappa shape index (κ3) is 5.00. The molecule has 1 N–H and O–H groups in total. The second kappa shape index (κ2) is 7.75. The average molecular weight is 362 g/mol. The molecule has 1 amide bonds. The molecule has 4 nitrogen and oxygen atoms in total. The Bertz CT molecular complexity index is 641. The number of hydrogen-bond donors (Lipinski definition) is 1. The van der Waals surface area contributed by atoms with Crippen molar-refractivity contribution in [2.24, 2.45) is 0 Å². The molecule has 0 aliphatic rings. The Hall–Kier alpha value is -2.14. The van der Waals surface area contributed by atoms with Gasteiger partial charge in [-0.1, -0.05) is 46.3 Å². The first-order valence-electron chi connectivity index (χ1n) is 6.83. The third-order valence-corrected chi connectivity index (χ3v) is 3.52. The van der Waals surface area contributed by atoms with Gasteiger partial charge >= 0.3 is 5.97 Å². The van der Waals surface area contributed by atoms with Crippen molar-refractivity contribution in [1.29, 1.82) is 0 Å². The van der Waals surface area contributed by atoms with Crippen LogP contribution >= 0.6 is 15.9 Å². The number of halogens is 1. The van der Waals surface area contributed by atoms with E-state index >= 15 is 0 Å². The lowest BCUT2D eigenvalue weighted by Gasteiger charge is -2.17. The van der Waals surface area contributed by atoms with Gasteiger partial charge in [-0.15, -0.1) is 0 Å². The summed E-state index contributed by atoms with van der Waals surface area (Å²) >= 11 is 3.32. The number of nitrogens with one attached hydrogen (secondary N) is 1. The normalized spacial score (nSPS) is 11.5. The highest BCUT2D eigenvalue weighted by Gasteiger charge is 2.18. The number of esters is 1. The Balaban J connectivity index is 2.04. The molecule has 0 heterocycles. The van der Waals surface area contributed by atoms with Crippen LogP contribution in [0.5, 0.6) is 5.75 Å². The maximum Gasteiger partial charge on any atom is 0.313 e. The third-order valence-electron chi connectivity index (χ3n) is 3.00. The minimum Gasteiger partial charge on any atom is -0.426 e. The van der Waals surface area contributed by atoms with Gasteiger partial charge in [-0.2, -0.15) is 0 Å². The largest absolute Gasteiger partial charge is 0.426 e. The van der Waals surface area contributed by atoms with Gasteiger partial charge in [0.15, 0.2) is 0 Å². The van der Waals surface area contributed by atoms with E-state index in [1.54, 1.807) is 24.3 Å². The fraction of sp³-hybridized carbons (Fsp3) is 0.176. The van der Waals surface area contributed by atoms with Gasteiger partial charge in [0.2, 0.25) is 5.91 Å². The van der Waals surface area contributed by atoms with Crippen molar-refractivity contribution < 1.29 is 14.3 Å². The molecule has 2 aromatic rings. The highest BCUT2D eigenvalue weighted by atomic mass is 79.9. The maximum absolute atomic E-state index is 12.1. The first-order chi connectivity index (χ1) is 10.5. The Morgan fingerprint density at radius 2 is 1.73 bits per heavy atom. The summed E-state index contributed by atoms with van der Waals surface area (Å²) in [4.78, 5) is 23.4. The zero-order valence-electron chi connectivity index (χ0n) is 12.1. The molecule has 22 heavy (non-hydrogen) atoms. The lowest BCUT2D eigenvalue weighted by molar-refractivity contribution is -0.135. The predicted octanol–water partition coefficient (Wildman–Crippen LogP) is 3.62. The molecule has 0 saturated heterocycles. The van der Waals surface area contributed by atoms with E-state index in [0.717, 1.165) is 10.0 Å². The Morgan fingerprint density at radius 3 is 2.32 bits per heavy atom. The predicted molar refractivity (Wildman–Crippen MR) is 87.4 cm³/mol. The smallest absolute Gasteiger partial charge is 0.313 e. The Kier molecular flexibility index (Phi) is 5.72. The van der Waals surface area contributed by atoms with Crippen molar-refractivity contribution in [3.8, 4) is 5.75 Å². The van der Waals surface area contributed by atoms with Crippen LogP contribution in [-0.4, -0.2) is 11.9 Å². The minimum absolute atomic E-state index is 0.0691. The highest BCUT2D eigenvalue weighted by molar-refractivity contribution is 9.10. The van der Waals surface area contributed by atoms with Crippen LogP contribution in [0.4, 0.5) is 0 Å². The summed E-state index contributed by atoms with van der Waals surface area (Å²) < 4.78 is 6.20. The summed E-state index contributed by atoms with van der Waals surface area (Å²) in [7, 11) is 0. The Labute approximate surface area is 137 Å². The number of amides is 1. The summed E-state index contributed by atoms with van der Waals surface area (Å²) in [5.41, 5.74) is 0.866. The zero-order chi connectivity index (χ0) is 15.9. The van der Waals surface area contributed by atoms with Crippen LogP contribution in [-0.2, 0) is 9.59 Å². The maximum atomic E-state index is 12.1. The van der Waals surface area contributed by atoms with Crippen LogP contribution in [0.2, 0.25) is 0 Å². The van der Waals surface area contributed by atoms with Crippen molar-refractivity contribution in [2.45, 2.75) is 19.4 Å². The SMILES string of the molecule is CC(=O)N[C@H](CC(=O)Oc1ccc(Br)cc1)c1ccccc1. The Morgan fingerprint density at radius 1 is 1.09 bits per heavy atom. The molecule has 1 atom stereocenters. The molecule has 0 saturated carbocycles. The van der Waals surface area contributed by atoms with E-state index in [1.165, 1.54) is 6.92 Å². The second-order valence-electron chi connectivity index (χ2n) is 4.80. The summed E-state index contributed by atoms with van der Waals surface area (Å²) in [5, 5.41) is 2.77. The molecule has 0 spiro atoms. The van der Waals surface area contributed by atoms with E-state index in [0.29, 0.717) is 5.75 Å². The number of rotatable bonds is 5. The lowest BCUT2D eigenvalue weighted by atomic mass is 10.0. The molecule has 0 fully saturated rings. The van der Waals surface area contributed by atoms with Gasteiger partial charge in [-0.05, 0) is 29.8 Å². The molecule has 2 rings (SSSR count). The molecule has 5 heteroatoms. The monoisotopic (exact) mass is 361 g/mol. The zero-order valence-corrected chi connectivity index (χ0v) is 13.7. The first-order valence-corrected chi connectivity index (χ1v) is 7.62. The topological polar surface area (TPSA) is 55.4 Å². The molecule has 0 radical (unpaired) electrons. The fourth-order valence-corrected chi connectivity index (χ4v) is 2.29. The van der Waals surface area contributed by atoms with Gasteiger partial charge in [0.25, 0.3) is 0 Å². The van der Waals surface area contributed by atoms with Crippen LogP contribution in [0.3, 0.4) is 0 Å². The van der Waals surface area contributed by atoms with Crippen molar-refractivity contribution in [1.82, 2.24) is 5.32 Å². The van der Waals surface area contributed by atoms with Crippen molar-refractivity contribution in [3.63, 3.8) is 0 Å². The van der Waals surface area contributed by atoms with E-state index in [-0.39, 0.29) is 12.3 Å². The molecular weight excluding hydrogens is 346 g/mol. The van der Waals surface area contributed by atoms with Gasteiger partial charge < -0.3 is 10.1 Å². The molecular formula is C17H16BrNO3. The summed E-state index contributed by atoms with van der Waals surface area (Å²) in [6.45, 7) is 1.43. The minimum atomic E-state index is -0.401. The van der Waals surface area contributed by atoms with Crippen LogP contribution in [0.15, 0.2) is 59.1 Å². The van der Waals surface area contributed by atoms with E-state index in [4.69, 9.17) is 4.74 Å². The number of carbonyl (C=O) groups is 2.